The van der Waals surface area contributed by atoms with E-state index < -0.39 is 0 Å². The van der Waals surface area contributed by atoms with Gasteiger partial charge in [0.15, 0.2) is 0 Å². The molecule has 0 saturated carbocycles. The molecule has 6 aromatic rings. The zero-order valence-electron chi connectivity index (χ0n) is 19.8. The molecule has 0 aliphatic carbocycles. The van der Waals surface area contributed by atoms with Crippen LogP contribution in [-0.2, 0) is 12.8 Å². The van der Waals surface area contributed by atoms with E-state index in [0.717, 1.165) is 51.9 Å². The number of benzene rings is 3. The van der Waals surface area contributed by atoms with E-state index in [4.69, 9.17) is 4.98 Å². The van der Waals surface area contributed by atoms with Crippen LogP contribution in [0.25, 0.3) is 55.4 Å². The van der Waals surface area contributed by atoms with Crippen LogP contribution in [0.3, 0.4) is 0 Å². The molecule has 0 atom stereocenters. The fourth-order valence-corrected chi connectivity index (χ4v) is 5.47. The van der Waals surface area contributed by atoms with Crippen LogP contribution in [-0.4, -0.2) is 15.0 Å². The molecule has 0 unspecified atom stereocenters. The summed E-state index contributed by atoms with van der Waals surface area (Å²) in [5.41, 5.74) is 13.7. The van der Waals surface area contributed by atoms with Gasteiger partial charge in [-0.15, -0.1) is 0 Å². The Morgan fingerprint density at radius 3 is 1.11 bits per heavy atom. The molecule has 2 N–H and O–H groups in total. The summed E-state index contributed by atoms with van der Waals surface area (Å²) in [6.45, 7) is 0. The molecule has 172 valence electrons. The number of nitrogens with zero attached hydrogens (tertiary/aromatic N) is 1. The van der Waals surface area contributed by atoms with Crippen LogP contribution in [0, 0.1) is 0 Å². The Morgan fingerprint density at radius 1 is 0.389 bits per heavy atom. The van der Waals surface area contributed by atoms with Gasteiger partial charge in [-0.1, -0.05) is 91.0 Å². The first kappa shape index (κ1) is 20.7. The van der Waals surface area contributed by atoms with Gasteiger partial charge < -0.3 is 9.97 Å². The summed E-state index contributed by atoms with van der Waals surface area (Å²) < 4.78 is 0. The number of fused-ring (bicyclic) bond motifs is 6. The molecule has 0 saturated heterocycles. The van der Waals surface area contributed by atoms with Gasteiger partial charge in [-0.05, 0) is 53.8 Å². The highest BCUT2D eigenvalue weighted by atomic mass is 14.8. The average Bonchev–Trinajstić information content (AvgIpc) is 3.70. The Hall–Kier alpha value is -4.63. The van der Waals surface area contributed by atoms with Crippen LogP contribution in [0.1, 0.15) is 11.4 Å². The lowest BCUT2D eigenvalue weighted by molar-refractivity contribution is 1.03. The molecule has 0 fully saturated rings. The summed E-state index contributed by atoms with van der Waals surface area (Å²) in [6, 6.07) is 40.7. The smallest absolute Gasteiger partial charge is 0.0510 e. The summed E-state index contributed by atoms with van der Waals surface area (Å²) in [6.07, 6.45) is 1.82. The third kappa shape index (κ3) is 3.48. The number of aromatic amines is 2. The van der Waals surface area contributed by atoms with E-state index in [-0.39, 0.29) is 0 Å². The summed E-state index contributed by atoms with van der Waals surface area (Å²) in [7, 11) is 0. The molecule has 3 heteroatoms. The zero-order valence-corrected chi connectivity index (χ0v) is 19.8. The van der Waals surface area contributed by atoms with E-state index in [2.05, 4.69) is 125 Å². The molecule has 7 rings (SSSR count). The van der Waals surface area contributed by atoms with Crippen LogP contribution >= 0.6 is 0 Å². The van der Waals surface area contributed by atoms with Gasteiger partial charge >= 0.3 is 0 Å². The number of hydrogen-bond donors (Lipinski definition) is 2. The van der Waals surface area contributed by atoms with Crippen molar-refractivity contribution in [1.82, 2.24) is 15.0 Å². The molecule has 3 aromatic heterocycles. The molecule has 0 amide bonds. The van der Waals surface area contributed by atoms with Crippen molar-refractivity contribution in [1.29, 1.82) is 0 Å². The molecule has 36 heavy (non-hydrogen) atoms. The van der Waals surface area contributed by atoms with Gasteiger partial charge in [0.05, 0.1) is 11.4 Å². The SMILES string of the molecule is c1ccc(-c2c3nc(c(-c4ccccc4)c4ccc([nH]4)c(-c4ccccc4)c4ccc2[nH]4)CC3)cc1. The third-order valence-electron chi connectivity index (χ3n) is 7.08. The molecule has 3 aromatic carbocycles. The van der Waals surface area contributed by atoms with Gasteiger partial charge in [-0.2, -0.15) is 0 Å². The topological polar surface area (TPSA) is 44.5 Å². The van der Waals surface area contributed by atoms with Crippen LogP contribution < -0.4 is 0 Å². The van der Waals surface area contributed by atoms with Gasteiger partial charge in [0.2, 0.25) is 0 Å². The minimum atomic E-state index is 0.910. The van der Waals surface area contributed by atoms with Crippen molar-refractivity contribution in [3.8, 4) is 33.4 Å². The van der Waals surface area contributed by atoms with E-state index in [9.17, 15) is 0 Å². The Bertz CT molecular complexity index is 1650. The highest BCUT2D eigenvalue weighted by Gasteiger charge is 2.19. The standard InChI is InChI=1S/C33H25N3/c1-4-10-22(11-5-1)31-25-16-18-27(34-25)32(23-12-6-2-7-13-23)29-20-21-30(36-29)33(24-14-8-3-9-15-24)28-19-17-26(31)35-28/h1-19,34-35H,20-21H2. The Kier molecular flexibility index (Phi) is 4.92. The van der Waals surface area contributed by atoms with Crippen LogP contribution in [0.2, 0.25) is 0 Å². The predicted octanol–water partition coefficient (Wildman–Crippen LogP) is 8.27. The molecule has 0 radical (unpaired) electrons. The van der Waals surface area contributed by atoms with Crippen LogP contribution in [0.4, 0.5) is 0 Å². The summed E-state index contributed by atoms with van der Waals surface area (Å²) in [4.78, 5) is 12.8. The van der Waals surface area contributed by atoms with Crippen molar-refractivity contribution in [2.45, 2.75) is 12.8 Å². The highest BCUT2D eigenvalue weighted by molar-refractivity contribution is 5.97. The molecule has 0 spiro atoms. The van der Waals surface area contributed by atoms with Gasteiger partial charge in [0, 0.05) is 38.8 Å². The average molecular weight is 464 g/mol. The Morgan fingerprint density at radius 2 is 0.722 bits per heavy atom. The predicted molar refractivity (Wildman–Crippen MR) is 149 cm³/mol. The first-order valence-corrected chi connectivity index (χ1v) is 12.5. The maximum absolute atomic E-state index is 5.29. The number of H-pyrrole nitrogens is 2. The van der Waals surface area contributed by atoms with Gasteiger partial charge in [0.25, 0.3) is 0 Å². The lowest BCUT2D eigenvalue weighted by Gasteiger charge is -2.06. The van der Waals surface area contributed by atoms with E-state index >= 15 is 0 Å². The van der Waals surface area contributed by atoms with Crippen LogP contribution in [0.5, 0.6) is 0 Å². The van der Waals surface area contributed by atoms with Gasteiger partial charge in [0.1, 0.15) is 0 Å². The minimum absolute atomic E-state index is 0.910. The van der Waals surface area contributed by atoms with Crippen molar-refractivity contribution >= 4 is 22.1 Å². The molecular weight excluding hydrogens is 438 g/mol. The molecule has 6 bridgehead atoms. The third-order valence-corrected chi connectivity index (χ3v) is 7.08. The van der Waals surface area contributed by atoms with Crippen LogP contribution in [0.15, 0.2) is 115 Å². The van der Waals surface area contributed by atoms with E-state index in [0.29, 0.717) is 0 Å². The Balaban J connectivity index is 1.68. The van der Waals surface area contributed by atoms with Gasteiger partial charge in [-0.3, -0.25) is 4.98 Å². The highest BCUT2D eigenvalue weighted by Crippen LogP contribution is 2.36. The molecule has 4 heterocycles. The normalized spacial score (nSPS) is 12.2. The molecule has 3 nitrogen and oxygen atoms in total. The minimum Gasteiger partial charge on any atom is -0.354 e. The van der Waals surface area contributed by atoms with Crippen molar-refractivity contribution in [3.05, 3.63) is 127 Å². The largest absolute Gasteiger partial charge is 0.354 e. The fourth-order valence-electron chi connectivity index (χ4n) is 5.47. The lowest BCUT2D eigenvalue weighted by atomic mass is 10.0. The maximum Gasteiger partial charge on any atom is 0.0510 e. The number of aryl methyl sites for hydroxylation is 2. The molecule has 1 aliphatic rings. The first-order chi connectivity index (χ1) is 17.8. The summed E-state index contributed by atoms with van der Waals surface area (Å²) in [5.74, 6) is 0. The van der Waals surface area contributed by atoms with Crippen molar-refractivity contribution < 1.29 is 0 Å². The quantitative estimate of drug-likeness (QED) is 0.272. The van der Waals surface area contributed by atoms with E-state index in [1.807, 2.05) is 0 Å². The first-order valence-electron chi connectivity index (χ1n) is 12.5. The second-order valence-electron chi connectivity index (χ2n) is 9.30. The van der Waals surface area contributed by atoms with Crippen molar-refractivity contribution in [3.63, 3.8) is 0 Å². The van der Waals surface area contributed by atoms with Crippen molar-refractivity contribution in [2.75, 3.05) is 0 Å². The summed E-state index contributed by atoms with van der Waals surface area (Å²) in [5, 5.41) is 0. The summed E-state index contributed by atoms with van der Waals surface area (Å²) >= 11 is 0. The van der Waals surface area contributed by atoms with E-state index in [1.54, 1.807) is 0 Å². The maximum atomic E-state index is 5.29. The zero-order chi connectivity index (χ0) is 23.9. The van der Waals surface area contributed by atoms with Gasteiger partial charge in [-0.25, -0.2) is 0 Å². The number of rotatable bonds is 3. The molecular formula is C33H25N3. The fraction of sp³-hybridized carbons (Fsp3) is 0.0606. The second kappa shape index (κ2) is 8.54. The monoisotopic (exact) mass is 463 g/mol. The second-order valence-corrected chi connectivity index (χ2v) is 9.30. The lowest BCUT2D eigenvalue weighted by Crippen LogP contribution is -1.88. The molecule has 1 aliphatic heterocycles. The van der Waals surface area contributed by atoms with Crippen molar-refractivity contribution in [2.24, 2.45) is 0 Å². The Labute approximate surface area is 209 Å². The van der Waals surface area contributed by atoms with E-state index in [1.165, 1.54) is 27.8 Å². The number of hydrogen-bond acceptors (Lipinski definition) is 1. The number of aromatic nitrogens is 3. The number of nitrogens with one attached hydrogen (secondary N) is 2.